The third-order valence-electron chi connectivity index (χ3n) is 32.6. The SMILES string of the molecule is CC1OC(OCCCCCCCC(=O)CCCCCCC(O)C(=O)OC2C(C)OC(OC(=O)C34CCC(C)(C)CC3C3=CCC5C6(C)CC(O)C(OC7OC(COC8OCC(O)C(O)C8O)C(O)C(O)C7O)C(C)(CO)C6CCC5(C)C3(C)CC4O)C(OC3OC(C)C(OC4OCC(OC5OCC(O)(CO)C5O)C(O)C4O)C(O)C3O)C2OC2OC(CO)C(O)C(O)C2O)C(O)C(O)C1O. The molecule has 0 amide bonds. The first-order chi connectivity index (χ1) is 63.6. The van der Waals surface area contributed by atoms with E-state index in [1.165, 1.54) is 13.8 Å². The van der Waals surface area contributed by atoms with Gasteiger partial charge in [0.1, 0.15) is 151 Å². The van der Waals surface area contributed by atoms with Crippen molar-refractivity contribution in [3.05, 3.63) is 11.6 Å². The van der Waals surface area contributed by atoms with Crippen LogP contribution in [0.15, 0.2) is 11.6 Å². The second-order valence-electron chi connectivity index (χ2n) is 42.1. The van der Waals surface area contributed by atoms with E-state index in [-0.39, 0.29) is 63.3 Å². The molecule has 12 fully saturated rings. The molecule has 8 saturated heterocycles. The molecule has 0 aromatic heterocycles. The molecule has 0 aromatic rings. The summed E-state index contributed by atoms with van der Waals surface area (Å²) in [5.74, 6) is -3.88. The van der Waals surface area contributed by atoms with Crippen molar-refractivity contribution in [3.8, 4) is 0 Å². The Balaban J connectivity index is 0.736. The molecular formula is C91H150O44. The van der Waals surface area contributed by atoms with Gasteiger partial charge in [-0.2, -0.15) is 0 Å². The number of fused-ring (bicyclic) bond motifs is 7. The second kappa shape index (κ2) is 44.4. The van der Waals surface area contributed by atoms with E-state index in [1.807, 2.05) is 20.8 Å². The average Bonchev–Trinajstić information content (AvgIpc) is 1.47. The minimum atomic E-state index is -2.27. The van der Waals surface area contributed by atoms with E-state index >= 15 is 4.79 Å². The summed E-state index contributed by atoms with van der Waals surface area (Å²) >= 11 is 0. The van der Waals surface area contributed by atoms with E-state index in [2.05, 4.69) is 19.9 Å². The largest absolute Gasteiger partial charge is 0.455 e. The molecule has 48 atom stereocenters. The molecule has 135 heavy (non-hydrogen) atoms. The highest BCUT2D eigenvalue weighted by Gasteiger charge is 2.74. The van der Waals surface area contributed by atoms with Crippen LogP contribution in [0.5, 0.6) is 0 Å². The summed E-state index contributed by atoms with van der Waals surface area (Å²) in [6.07, 6.45) is -57.4. The number of carbonyl (C=O) groups is 3. The van der Waals surface area contributed by atoms with Crippen LogP contribution in [0.1, 0.15) is 191 Å². The maximum Gasteiger partial charge on any atom is 0.335 e. The lowest BCUT2D eigenvalue weighted by Gasteiger charge is -2.72. The average molecular weight is 1950 g/mol. The zero-order valence-corrected chi connectivity index (χ0v) is 78.0. The molecule has 0 radical (unpaired) electrons. The van der Waals surface area contributed by atoms with Gasteiger partial charge in [-0.25, -0.2) is 4.79 Å². The van der Waals surface area contributed by atoms with Crippen molar-refractivity contribution in [2.45, 2.75) is 436 Å². The van der Waals surface area contributed by atoms with Crippen LogP contribution in [0.4, 0.5) is 0 Å². The summed E-state index contributed by atoms with van der Waals surface area (Å²) in [7, 11) is 0. The number of allylic oxidation sites excluding steroid dienone is 2. The van der Waals surface area contributed by atoms with E-state index < -0.39 is 348 Å². The van der Waals surface area contributed by atoms with Crippen molar-refractivity contribution < 1.29 is 217 Å². The molecule has 24 N–H and O–H groups in total. The highest BCUT2D eigenvalue weighted by atomic mass is 16.8. The maximum absolute atomic E-state index is 16.6. The topological polar surface area (TPSA) is 694 Å². The lowest BCUT2D eigenvalue weighted by molar-refractivity contribution is -0.392. The van der Waals surface area contributed by atoms with Gasteiger partial charge in [-0.15, -0.1) is 0 Å². The minimum Gasteiger partial charge on any atom is -0.455 e. The van der Waals surface area contributed by atoms with Gasteiger partial charge >= 0.3 is 11.9 Å². The second-order valence-corrected chi connectivity index (χ2v) is 42.1. The monoisotopic (exact) mass is 1950 g/mol. The summed E-state index contributed by atoms with van der Waals surface area (Å²) in [6, 6.07) is 0. The standard InChI is InChI=1S/C91H150O44/c1-39-54(100)59(105)65(111)77(124-39)119-28-18-14-10-11-15-19-42(95)20-16-12-13-17-21-45(96)75(116)130-70-41(3)126-82(72(71(70)132-80-66(112)60(106)56(102)48(32-92)127-80)133-79-68(114)62(108)69(40(2)125-79)131-78-64(110)58(104)50(35-122-78)129-83-73(115)90(118,37-94)38-123-83)135-84(117)91-27-26-85(4,5)29-44(91)43-22-23-52-86(6)30-46(97)74(87(7,36-93)51(86)24-25-88(52,8)89(43,9)31-53(91)99)134-81-67(113)61(107)57(103)49(128-81)34-121-76-63(109)55(101)47(98)33-120-76/h22,39-41,44-74,76-83,92-94,96-115,118H,10-21,23-38H2,1-9H3. The molecule has 44 nitrogen and oxygen atoms in total. The Kier molecular flexibility index (Phi) is 35.9. The van der Waals surface area contributed by atoms with Gasteiger partial charge in [0.2, 0.25) is 6.29 Å². The number of hydrogen-bond acceptors (Lipinski definition) is 44. The molecule has 778 valence electrons. The molecule has 8 aliphatic heterocycles. The van der Waals surface area contributed by atoms with Crippen LogP contribution in [0.3, 0.4) is 0 Å². The number of unbranched alkanes of at least 4 members (excludes halogenated alkanes) is 7. The number of carbonyl (C=O) groups excluding carboxylic acids is 3. The Morgan fingerprint density at radius 2 is 1.03 bits per heavy atom. The molecular weight excluding hydrogens is 1800 g/mol. The van der Waals surface area contributed by atoms with Crippen molar-refractivity contribution >= 4 is 17.7 Å². The summed E-state index contributed by atoms with van der Waals surface area (Å²) in [4.78, 5) is 44.2. The highest BCUT2D eigenvalue weighted by molar-refractivity contribution is 5.80. The van der Waals surface area contributed by atoms with Gasteiger partial charge in [-0.05, 0) is 137 Å². The lowest BCUT2D eigenvalue weighted by atomic mass is 9.33. The molecule has 44 heteroatoms. The first-order valence-electron chi connectivity index (χ1n) is 48.0. The Hall–Kier alpha value is -3.21. The number of esters is 2. The third kappa shape index (κ3) is 21.8. The van der Waals surface area contributed by atoms with Crippen LogP contribution in [0.25, 0.3) is 0 Å². The molecule has 5 aliphatic carbocycles. The zero-order valence-electron chi connectivity index (χ0n) is 78.0. The van der Waals surface area contributed by atoms with Crippen molar-refractivity contribution in [1.82, 2.24) is 0 Å². The predicted octanol–water partition coefficient (Wildman–Crippen LogP) is -5.67. The highest BCUT2D eigenvalue weighted by Crippen LogP contribution is 2.76. The predicted molar refractivity (Wildman–Crippen MR) is 453 cm³/mol. The number of aliphatic hydroxyl groups is 24. The van der Waals surface area contributed by atoms with Crippen molar-refractivity contribution in [2.24, 2.45) is 50.2 Å². The van der Waals surface area contributed by atoms with Gasteiger partial charge in [-0.1, -0.05) is 91.7 Å². The van der Waals surface area contributed by atoms with E-state index in [1.54, 1.807) is 13.8 Å². The molecule has 48 unspecified atom stereocenters. The summed E-state index contributed by atoms with van der Waals surface area (Å²) in [5, 5.41) is 268. The van der Waals surface area contributed by atoms with E-state index in [0.717, 1.165) is 24.8 Å². The molecule has 0 bridgehead atoms. The molecule has 13 rings (SSSR count). The first-order valence-corrected chi connectivity index (χ1v) is 48.0. The normalized spacial score (nSPS) is 49.6. The van der Waals surface area contributed by atoms with Gasteiger partial charge < -0.3 is 203 Å². The summed E-state index contributed by atoms with van der Waals surface area (Å²) in [6.45, 7) is 12.0. The number of ketones is 1. The molecule has 0 spiro atoms. The van der Waals surface area contributed by atoms with Crippen LogP contribution < -0.4 is 0 Å². The van der Waals surface area contributed by atoms with Gasteiger partial charge in [0.05, 0.1) is 82.9 Å². The number of hydrogen-bond donors (Lipinski definition) is 24. The van der Waals surface area contributed by atoms with Crippen LogP contribution in [-0.4, -0.2) is 438 Å². The Labute approximate surface area is 782 Å². The Morgan fingerprint density at radius 3 is 1.70 bits per heavy atom. The number of ether oxygens (including phenoxy) is 17. The Morgan fingerprint density at radius 1 is 0.467 bits per heavy atom. The molecule has 4 saturated carbocycles. The zero-order chi connectivity index (χ0) is 98.6. The quantitative estimate of drug-likeness (QED) is 0.0120. The first kappa shape index (κ1) is 109. The maximum atomic E-state index is 16.6. The van der Waals surface area contributed by atoms with Crippen molar-refractivity contribution in [3.63, 3.8) is 0 Å². The van der Waals surface area contributed by atoms with Crippen LogP contribution in [0, 0.1) is 50.2 Å². The van der Waals surface area contributed by atoms with Crippen LogP contribution in [0.2, 0.25) is 0 Å². The number of aliphatic hydroxyl groups excluding tert-OH is 23. The number of rotatable bonds is 36. The smallest absolute Gasteiger partial charge is 0.335 e. The molecule has 13 aliphatic rings. The van der Waals surface area contributed by atoms with Gasteiger partial charge in [-0.3, -0.25) is 9.59 Å². The fourth-order valence-electron chi connectivity index (χ4n) is 24.1. The Bertz CT molecular complexity index is 3880. The summed E-state index contributed by atoms with van der Waals surface area (Å²) in [5.41, 5.74) is -7.58. The van der Waals surface area contributed by atoms with E-state index in [0.29, 0.717) is 64.2 Å². The lowest BCUT2D eigenvalue weighted by Crippen LogP contribution is -2.71. The molecule has 0 aromatic carbocycles. The van der Waals surface area contributed by atoms with Crippen LogP contribution >= 0.6 is 0 Å². The molecule has 8 heterocycles. The number of Topliss-reactive ketones (excluding diaryl/α,β-unsaturated/α-hetero) is 1. The fraction of sp³-hybridized carbons (Fsp3) is 0.945. The van der Waals surface area contributed by atoms with E-state index in [4.69, 9.17) is 80.5 Å². The summed E-state index contributed by atoms with van der Waals surface area (Å²) < 4.78 is 103. The van der Waals surface area contributed by atoms with E-state index in [9.17, 15) is 132 Å². The third-order valence-corrected chi connectivity index (χ3v) is 32.6. The fourth-order valence-corrected chi connectivity index (χ4v) is 24.1. The minimum absolute atomic E-state index is 0.00781. The van der Waals surface area contributed by atoms with Gasteiger partial charge in [0.15, 0.2) is 62.3 Å². The van der Waals surface area contributed by atoms with Gasteiger partial charge in [0, 0.05) is 24.9 Å². The van der Waals surface area contributed by atoms with Crippen LogP contribution in [-0.2, 0) is 94.9 Å². The van der Waals surface area contributed by atoms with Crippen molar-refractivity contribution in [1.29, 1.82) is 0 Å². The van der Waals surface area contributed by atoms with Crippen molar-refractivity contribution in [2.75, 3.05) is 52.9 Å². The van der Waals surface area contributed by atoms with Gasteiger partial charge in [0.25, 0.3) is 0 Å².